The van der Waals surface area contributed by atoms with Crippen molar-refractivity contribution in [1.29, 1.82) is 0 Å². The van der Waals surface area contributed by atoms with E-state index in [4.69, 9.17) is 10.5 Å². The van der Waals surface area contributed by atoms with Crippen LogP contribution < -0.4 is 5.73 Å². The molecule has 6 nitrogen and oxygen atoms in total. The molecule has 0 aliphatic carbocycles. The van der Waals surface area contributed by atoms with Crippen molar-refractivity contribution >= 4 is 47.8 Å². The van der Waals surface area contributed by atoms with E-state index in [1.807, 2.05) is 32.5 Å². The van der Waals surface area contributed by atoms with Gasteiger partial charge in [0.05, 0.1) is 0 Å². The first-order valence-corrected chi connectivity index (χ1v) is 10.2. The number of carbonyl (C=O) groups excluding carboxylic acids is 1. The topological polar surface area (TPSA) is 71.2 Å². The number of aliphatic imine (C=N–C) groups is 1. The van der Waals surface area contributed by atoms with Gasteiger partial charge in [0.25, 0.3) is 0 Å². The average molecular weight is 486 g/mol. The molecule has 0 aromatic carbocycles. The van der Waals surface area contributed by atoms with Gasteiger partial charge in [0, 0.05) is 32.7 Å². The Morgan fingerprint density at radius 1 is 1.08 bits per heavy atom. The van der Waals surface area contributed by atoms with E-state index in [2.05, 4.69) is 16.1 Å². The van der Waals surface area contributed by atoms with Gasteiger partial charge in [-0.05, 0) is 45.6 Å². The fourth-order valence-corrected chi connectivity index (χ4v) is 2.94. The van der Waals surface area contributed by atoms with Crippen molar-refractivity contribution in [2.75, 3.05) is 44.7 Å². The predicted octanol–water partition coefficient (Wildman–Crippen LogP) is 3.40. The number of hydrogen-bond acceptors (Lipinski definition) is 4. The van der Waals surface area contributed by atoms with Crippen LogP contribution in [-0.2, 0) is 4.74 Å². The molecule has 0 aromatic rings. The van der Waals surface area contributed by atoms with Gasteiger partial charge in [-0.1, -0.05) is 12.8 Å². The number of ether oxygens (including phenoxy) is 1. The number of unbranched alkanes of at least 4 members (excludes halogenated alkanes) is 3. The van der Waals surface area contributed by atoms with Gasteiger partial charge in [-0.15, -0.1) is 24.0 Å². The Hall–Kier alpha value is -0.380. The molecule has 1 rings (SSSR count). The molecule has 0 spiro atoms. The summed E-state index contributed by atoms with van der Waals surface area (Å²) in [6.45, 7) is 9.11. The quantitative estimate of drug-likeness (QED) is 0.259. The molecule has 0 bridgehead atoms. The maximum absolute atomic E-state index is 12.0. The maximum Gasteiger partial charge on any atom is 0.410 e. The van der Waals surface area contributed by atoms with Gasteiger partial charge in [-0.25, -0.2) is 4.79 Å². The molecular formula is C17H35IN4O2S. The van der Waals surface area contributed by atoms with Crippen LogP contribution in [0, 0.1) is 0 Å². The maximum atomic E-state index is 12.0. The number of nitrogens with zero attached hydrogens (tertiary/aromatic N) is 3. The van der Waals surface area contributed by atoms with Crippen molar-refractivity contribution in [3.05, 3.63) is 0 Å². The first kappa shape index (κ1) is 24.6. The Morgan fingerprint density at radius 3 is 2.20 bits per heavy atom. The zero-order valence-electron chi connectivity index (χ0n) is 16.1. The zero-order valence-corrected chi connectivity index (χ0v) is 19.3. The lowest BCUT2D eigenvalue weighted by atomic mass is 10.2. The summed E-state index contributed by atoms with van der Waals surface area (Å²) in [7, 11) is 0. The second kappa shape index (κ2) is 12.9. The lowest BCUT2D eigenvalue weighted by Crippen LogP contribution is -2.53. The molecule has 0 atom stereocenters. The third-order valence-electron chi connectivity index (χ3n) is 3.79. The highest BCUT2D eigenvalue weighted by Gasteiger charge is 2.26. The summed E-state index contributed by atoms with van der Waals surface area (Å²) < 4.78 is 5.40. The number of amides is 1. The lowest BCUT2D eigenvalue weighted by molar-refractivity contribution is 0.0186. The minimum atomic E-state index is -0.454. The molecule has 1 heterocycles. The van der Waals surface area contributed by atoms with Crippen LogP contribution in [-0.4, -0.2) is 72.2 Å². The highest BCUT2D eigenvalue weighted by atomic mass is 127. The van der Waals surface area contributed by atoms with Gasteiger partial charge >= 0.3 is 6.09 Å². The van der Waals surface area contributed by atoms with Gasteiger partial charge in [-0.2, -0.15) is 11.8 Å². The first-order valence-electron chi connectivity index (χ1n) is 8.85. The summed E-state index contributed by atoms with van der Waals surface area (Å²) in [6, 6.07) is 0. The molecule has 0 unspecified atom stereocenters. The molecule has 1 amide bonds. The van der Waals surface area contributed by atoms with Crippen LogP contribution in [0.25, 0.3) is 0 Å². The van der Waals surface area contributed by atoms with Crippen LogP contribution in [0.1, 0.15) is 46.5 Å². The van der Waals surface area contributed by atoms with Crippen molar-refractivity contribution in [3.63, 3.8) is 0 Å². The van der Waals surface area contributed by atoms with Gasteiger partial charge in [-0.3, -0.25) is 4.99 Å². The molecule has 1 fully saturated rings. The minimum absolute atomic E-state index is 0. The molecule has 2 N–H and O–H groups in total. The second-order valence-electron chi connectivity index (χ2n) is 7.10. The SMILES string of the molecule is CSCCCCCCN=C(N)N1CCN(C(=O)OC(C)(C)C)CC1.I. The van der Waals surface area contributed by atoms with E-state index in [0.717, 1.165) is 13.0 Å². The van der Waals surface area contributed by atoms with E-state index in [1.165, 1.54) is 25.0 Å². The Bertz CT molecular complexity index is 408. The van der Waals surface area contributed by atoms with Gasteiger partial charge in [0.2, 0.25) is 0 Å². The number of halogens is 1. The molecule has 1 saturated heterocycles. The number of piperazine rings is 1. The highest BCUT2D eigenvalue weighted by Crippen LogP contribution is 2.12. The smallest absolute Gasteiger partial charge is 0.410 e. The second-order valence-corrected chi connectivity index (χ2v) is 8.09. The largest absolute Gasteiger partial charge is 0.444 e. The molecule has 1 aliphatic rings. The highest BCUT2D eigenvalue weighted by molar-refractivity contribution is 14.0. The number of thioether (sulfide) groups is 1. The number of nitrogens with two attached hydrogens (primary N) is 1. The van der Waals surface area contributed by atoms with Crippen LogP contribution >= 0.6 is 35.7 Å². The van der Waals surface area contributed by atoms with Crippen molar-refractivity contribution < 1.29 is 9.53 Å². The van der Waals surface area contributed by atoms with E-state index >= 15 is 0 Å². The zero-order chi connectivity index (χ0) is 18.0. The number of carbonyl (C=O) groups is 1. The molecule has 25 heavy (non-hydrogen) atoms. The fourth-order valence-electron chi connectivity index (χ4n) is 2.45. The van der Waals surface area contributed by atoms with Crippen molar-refractivity contribution in [2.45, 2.75) is 52.1 Å². The van der Waals surface area contributed by atoms with Gasteiger partial charge < -0.3 is 20.3 Å². The summed E-state index contributed by atoms with van der Waals surface area (Å²) >= 11 is 1.90. The van der Waals surface area contributed by atoms with Crippen LogP contribution in [0.5, 0.6) is 0 Å². The molecule has 0 saturated carbocycles. The van der Waals surface area contributed by atoms with E-state index in [1.54, 1.807) is 4.90 Å². The van der Waals surface area contributed by atoms with Crippen molar-refractivity contribution in [2.24, 2.45) is 10.7 Å². The number of rotatable bonds is 7. The first-order chi connectivity index (χ1) is 11.3. The predicted molar refractivity (Wildman–Crippen MR) is 118 cm³/mol. The van der Waals surface area contributed by atoms with Crippen LogP contribution in [0.4, 0.5) is 4.79 Å². The van der Waals surface area contributed by atoms with Crippen LogP contribution in [0.15, 0.2) is 4.99 Å². The van der Waals surface area contributed by atoms with Crippen LogP contribution in [0.3, 0.4) is 0 Å². The standard InChI is InChI=1S/C17H34N4O2S.HI/c1-17(2,3)23-16(22)21-12-10-20(11-13-21)15(18)19-9-7-5-6-8-14-24-4;/h5-14H2,1-4H3,(H2,18,19);1H. The summed E-state index contributed by atoms with van der Waals surface area (Å²) in [5.41, 5.74) is 5.62. The molecular weight excluding hydrogens is 451 g/mol. The van der Waals surface area contributed by atoms with Gasteiger partial charge in [0.1, 0.15) is 5.60 Å². The number of hydrogen-bond donors (Lipinski definition) is 1. The monoisotopic (exact) mass is 486 g/mol. The molecule has 148 valence electrons. The summed E-state index contributed by atoms with van der Waals surface area (Å²) in [4.78, 5) is 20.3. The normalized spacial score (nSPS) is 15.8. The fraction of sp³-hybridized carbons (Fsp3) is 0.882. The van der Waals surface area contributed by atoms with E-state index in [0.29, 0.717) is 32.1 Å². The third-order valence-corrected chi connectivity index (χ3v) is 4.48. The molecule has 0 radical (unpaired) electrons. The van der Waals surface area contributed by atoms with Crippen molar-refractivity contribution in [3.8, 4) is 0 Å². The lowest BCUT2D eigenvalue weighted by Gasteiger charge is -2.36. The van der Waals surface area contributed by atoms with Crippen molar-refractivity contribution in [1.82, 2.24) is 9.80 Å². The average Bonchev–Trinajstić information content (AvgIpc) is 2.52. The minimum Gasteiger partial charge on any atom is -0.444 e. The Labute approximate surface area is 174 Å². The van der Waals surface area contributed by atoms with E-state index in [-0.39, 0.29) is 30.1 Å². The Kier molecular flexibility index (Phi) is 12.7. The summed E-state index contributed by atoms with van der Waals surface area (Å²) in [5, 5.41) is 0. The molecule has 1 aliphatic heterocycles. The molecule has 8 heteroatoms. The number of guanidine groups is 1. The van der Waals surface area contributed by atoms with Gasteiger partial charge in [0.15, 0.2) is 5.96 Å². The van der Waals surface area contributed by atoms with E-state index < -0.39 is 5.60 Å². The Balaban J connectivity index is 0.00000576. The summed E-state index contributed by atoms with van der Waals surface area (Å²) in [5.74, 6) is 1.84. The molecule has 0 aromatic heterocycles. The summed E-state index contributed by atoms with van der Waals surface area (Å²) in [6.07, 6.45) is 6.75. The third kappa shape index (κ3) is 11.0. The van der Waals surface area contributed by atoms with E-state index in [9.17, 15) is 4.79 Å². The Morgan fingerprint density at radius 2 is 1.64 bits per heavy atom. The van der Waals surface area contributed by atoms with Crippen LogP contribution in [0.2, 0.25) is 0 Å².